The minimum Gasteiger partial charge on any atom is -0.481 e. The number of carbonyl (C=O) groups excluding carboxylic acids is 2. The predicted molar refractivity (Wildman–Crippen MR) is 129 cm³/mol. The van der Waals surface area contributed by atoms with Gasteiger partial charge in [-0.2, -0.15) is 0 Å². The van der Waals surface area contributed by atoms with Gasteiger partial charge < -0.3 is 20.1 Å². The Hall–Kier alpha value is -3.35. The Labute approximate surface area is 204 Å². The minimum atomic E-state index is -0.987. The fraction of sp³-hybridized carbons (Fsp3) is 0.464. The van der Waals surface area contributed by atoms with Crippen LogP contribution >= 0.6 is 0 Å². The fourth-order valence-corrected chi connectivity index (χ4v) is 6.93. The summed E-state index contributed by atoms with van der Waals surface area (Å²) in [5.74, 6) is -1.05. The van der Waals surface area contributed by atoms with Crippen LogP contribution in [0.15, 0.2) is 48.5 Å². The van der Waals surface area contributed by atoms with E-state index >= 15 is 0 Å². The summed E-state index contributed by atoms with van der Waals surface area (Å²) in [4.78, 5) is 40.2. The molecule has 2 amide bonds. The number of hydrogen-bond donors (Lipinski definition) is 2. The van der Waals surface area contributed by atoms with Gasteiger partial charge in [0.15, 0.2) is 0 Å². The van der Waals surface area contributed by atoms with E-state index in [0.717, 1.165) is 54.4 Å². The Morgan fingerprint density at radius 2 is 1.54 bits per heavy atom. The van der Waals surface area contributed by atoms with Crippen LogP contribution in [0, 0.1) is 0 Å². The molecule has 2 aliphatic heterocycles. The number of benzene rings is 2. The smallest absolute Gasteiger partial charge is 0.408 e. The quantitative estimate of drug-likeness (QED) is 0.645. The van der Waals surface area contributed by atoms with Crippen molar-refractivity contribution in [2.75, 3.05) is 6.61 Å². The first-order chi connectivity index (χ1) is 16.9. The second-order valence-electron chi connectivity index (χ2n) is 10.6. The lowest BCUT2D eigenvalue weighted by molar-refractivity contribution is -0.149. The van der Waals surface area contributed by atoms with Crippen LogP contribution in [0.3, 0.4) is 0 Å². The Bertz CT molecular complexity index is 1150. The molecule has 7 heteroatoms. The van der Waals surface area contributed by atoms with Crippen LogP contribution in [-0.2, 0) is 14.3 Å². The van der Waals surface area contributed by atoms with E-state index in [1.807, 2.05) is 29.2 Å². The van der Waals surface area contributed by atoms with Gasteiger partial charge in [-0.1, -0.05) is 48.5 Å². The number of nitrogens with one attached hydrogen (secondary N) is 1. The molecule has 3 fully saturated rings. The van der Waals surface area contributed by atoms with Crippen LogP contribution < -0.4 is 5.32 Å². The monoisotopic (exact) mass is 474 g/mol. The highest BCUT2D eigenvalue weighted by molar-refractivity contribution is 5.92. The average molecular weight is 475 g/mol. The molecule has 0 aromatic heterocycles. The number of ether oxygens (including phenoxy) is 1. The summed E-state index contributed by atoms with van der Waals surface area (Å²) in [5.41, 5.74) is 3.01. The standard InChI is InChI=1S/C28H30N2O5/c31-24(32)16-27-14-10-18(11-15-27)30(27)25(33)28(12-5-13-28)29-26(34)35-17-23-21-8-3-1-6-19(21)20-7-2-4-9-22(20)23/h1-4,6-9,18,23H,5,10-17H2,(H,29,34)(H,31,32). The van der Waals surface area contributed by atoms with Gasteiger partial charge in [0.1, 0.15) is 12.1 Å². The SMILES string of the molecule is O=C(O)CC12CCC(CC1)N2C(=O)C1(NC(=O)OCC2c3ccccc3-c3ccccc32)CCC1. The highest BCUT2D eigenvalue weighted by atomic mass is 16.5. The molecule has 2 aliphatic carbocycles. The summed E-state index contributed by atoms with van der Waals surface area (Å²) in [7, 11) is 0. The Kier molecular flexibility index (Phi) is 5.13. The maximum absolute atomic E-state index is 13.8. The zero-order chi connectivity index (χ0) is 24.2. The number of aliphatic carboxylic acids is 1. The molecular weight excluding hydrogens is 444 g/mol. The normalized spacial score (nSPS) is 25.5. The van der Waals surface area contributed by atoms with Crippen LogP contribution in [0.25, 0.3) is 11.1 Å². The van der Waals surface area contributed by atoms with Crippen molar-refractivity contribution in [3.63, 3.8) is 0 Å². The molecule has 7 nitrogen and oxygen atoms in total. The number of carboxylic acids is 1. The lowest BCUT2D eigenvalue weighted by atomic mass is 9.75. The van der Waals surface area contributed by atoms with Crippen molar-refractivity contribution in [3.05, 3.63) is 59.7 Å². The number of nitrogens with zero attached hydrogens (tertiary/aromatic N) is 1. The topological polar surface area (TPSA) is 95.9 Å². The third-order valence-corrected chi connectivity index (χ3v) is 8.76. The third kappa shape index (κ3) is 3.43. The van der Waals surface area contributed by atoms with Crippen molar-refractivity contribution in [2.45, 2.75) is 74.4 Å². The van der Waals surface area contributed by atoms with Crippen molar-refractivity contribution in [2.24, 2.45) is 0 Å². The number of rotatable bonds is 6. The van der Waals surface area contributed by atoms with E-state index in [4.69, 9.17) is 4.74 Å². The van der Waals surface area contributed by atoms with E-state index in [0.29, 0.717) is 12.8 Å². The predicted octanol–water partition coefficient (Wildman–Crippen LogP) is 4.45. The molecule has 0 atom stereocenters. The number of carboxylic acid groups (broad SMARTS) is 1. The highest BCUT2D eigenvalue weighted by Gasteiger charge is 2.60. The lowest BCUT2D eigenvalue weighted by Gasteiger charge is -2.46. The minimum absolute atomic E-state index is 0.0315. The zero-order valence-electron chi connectivity index (χ0n) is 19.7. The summed E-state index contributed by atoms with van der Waals surface area (Å²) < 4.78 is 5.73. The molecule has 4 aliphatic rings. The van der Waals surface area contributed by atoms with Crippen LogP contribution in [0.4, 0.5) is 4.79 Å². The van der Waals surface area contributed by atoms with Crippen LogP contribution in [0.1, 0.15) is 68.4 Å². The number of alkyl carbamates (subject to hydrolysis) is 1. The molecule has 0 radical (unpaired) electrons. The first-order valence-corrected chi connectivity index (χ1v) is 12.6. The number of amides is 2. The van der Waals surface area contributed by atoms with Crippen molar-refractivity contribution < 1.29 is 24.2 Å². The molecule has 2 aromatic rings. The maximum atomic E-state index is 13.8. The van der Waals surface area contributed by atoms with Gasteiger partial charge in [0.25, 0.3) is 0 Å². The summed E-state index contributed by atoms with van der Waals surface area (Å²) in [6.07, 6.45) is 4.45. The van der Waals surface area contributed by atoms with Crippen LogP contribution in [0.2, 0.25) is 0 Å². The van der Waals surface area contributed by atoms with Crippen LogP contribution in [0.5, 0.6) is 0 Å². The van der Waals surface area contributed by atoms with E-state index in [9.17, 15) is 19.5 Å². The molecule has 1 saturated carbocycles. The van der Waals surface area contributed by atoms with Gasteiger partial charge in [0, 0.05) is 12.0 Å². The summed E-state index contributed by atoms with van der Waals surface area (Å²) in [5, 5.41) is 12.4. The molecule has 2 aromatic carbocycles. The van der Waals surface area contributed by atoms with Gasteiger partial charge in [0.2, 0.25) is 5.91 Å². The van der Waals surface area contributed by atoms with Crippen molar-refractivity contribution in [1.29, 1.82) is 0 Å². The molecule has 35 heavy (non-hydrogen) atoms. The van der Waals surface area contributed by atoms with Crippen LogP contribution in [-0.4, -0.2) is 51.7 Å². The number of hydrogen-bond acceptors (Lipinski definition) is 4. The Balaban J connectivity index is 1.17. The molecule has 0 unspecified atom stereocenters. The second kappa shape index (κ2) is 8.11. The third-order valence-electron chi connectivity index (χ3n) is 8.76. The molecule has 6 rings (SSSR count). The largest absolute Gasteiger partial charge is 0.481 e. The summed E-state index contributed by atoms with van der Waals surface area (Å²) >= 11 is 0. The molecule has 2 heterocycles. The average Bonchev–Trinajstić information content (AvgIpc) is 3.46. The van der Waals surface area contributed by atoms with E-state index in [1.54, 1.807) is 0 Å². The molecular formula is C28H30N2O5. The molecule has 2 saturated heterocycles. The first kappa shape index (κ1) is 22.1. The van der Waals surface area contributed by atoms with E-state index in [2.05, 4.69) is 29.6 Å². The van der Waals surface area contributed by atoms with E-state index in [-0.39, 0.29) is 30.9 Å². The Morgan fingerprint density at radius 1 is 0.943 bits per heavy atom. The molecule has 2 bridgehead atoms. The first-order valence-electron chi connectivity index (χ1n) is 12.6. The van der Waals surface area contributed by atoms with Crippen molar-refractivity contribution in [1.82, 2.24) is 10.2 Å². The summed E-state index contributed by atoms with van der Waals surface area (Å²) in [6.45, 7) is 0.194. The molecule has 182 valence electrons. The lowest BCUT2D eigenvalue weighted by Crippen LogP contribution is -2.66. The van der Waals surface area contributed by atoms with Gasteiger partial charge >= 0.3 is 12.1 Å². The molecule has 2 N–H and O–H groups in total. The maximum Gasteiger partial charge on any atom is 0.408 e. The van der Waals surface area contributed by atoms with Crippen molar-refractivity contribution >= 4 is 18.0 Å². The van der Waals surface area contributed by atoms with Gasteiger partial charge in [-0.15, -0.1) is 0 Å². The number of fused-ring (bicyclic) bond motifs is 5. The van der Waals surface area contributed by atoms with Gasteiger partial charge in [-0.3, -0.25) is 9.59 Å². The highest BCUT2D eigenvalue weighted by Crippen LogP contribution is 2.51. The zero-order valence-corrected chi connectivity index (χ0v) is 19.7. The number of carbonyl (C=O) groups is 3. The second-order valence-corrected chi connectivity index (χ2v) is 10.6. The summed E-state index contributed by atoms with van der Waals surface area (Å²) in [6, 6.07) is 16.4. The molecule has 0 spiro atoms. The van der Waals surface area contributed by atoms with E-state index in [1.165, 1.54) is 0 Å². The Morgan fingerprint density at radius 3 is 2.09 bits per heavy atom. The van der Waals surface area contributed by atoms with Crippen molar-refractivity contribution in [3.8, 4) is 11.1 Å². The fourth-order valence-electron chi connectivity index (χ4n) is 6.93. The van der Waals surface area contributed by atoms with E-state index < -0.39 is 23.1 Å². The van der Waals surface area contributed by atoms with Gasteiger partial charge in [-0.05, 0) is 67.2 Å². The van der Waals surface area contributed by atoms with Gasteiger partial charge in [0.05, 0.1) is 12.0 Å². The van der Waals surface area contributed by atoms with Gasteiger partial charge in [-0.25, -0.2) is 4.79 Å².